The standard InChI is InChI=1S/C17H14N4O4S/c18-17(24)20-11-5-3-10(4-6-11)19-16(23)13-7-8-14(26-13)21-15(22)12-2-1-9-25-12/h1-9H,(H,19,23)(H,21,22)(H3,18,20,24). The van der Waals surface area contributed by atoms with E-state index in [1.165, 1.54) is 6.26 Å². The van der Waals surface area contributed by atoms with Gasteiger partial charge in [0.2, 0.25) is 0 Å². The zero-order chi connectivity index (χ0) is 18.5. The average molecular weight is 370 g/mol. The minimum absolute atomic E-state index is 0.189. The van der Waals surface area contributed by atoms with Gasteiger partial charge in [-0.25, -0.2) is 4.79 Å². The number of carbonyl (C=O) groups is 3. The van der Waals surface area contributed by atoms with Crippen LogP contribution in [0.2, 0.25) is 0 Å². The molecule has 0 fully saturated rings. The number of benzene rings is 1. The molecule has 2 aromatic heterocycles. The second-order valence-electron chi connectivity index (χ2n) is 5.12. The Morgan fingerprint density at radius 3 is 2.15 bits per heavy atom. The summed E-state index contributed by atoms with van der Waals surface area (Å²) >= 11 is 1.14. The highest BCUT2D eigenvalue weighted by Crippen LogP contribution is 2.24. The molecule has 0 unspecified atom stereocenters. The van der Waals surface area contributed by atoms with Crippen molar-refractivity contribution < 1.29 is 18.8 Å². The zero-order valence-electron chi connectivity index (χ0n) is 13.3. The molecule has 9 heteroatoms. The van der Waals surface area contributed by atoms with Crippen molar-refractivity contribution in [3.63, 3.8) is 0 Å². The third-order valence-electron chi connectivity index (χ3n) is 3.22. The van der Waals surface area contributed by atoms with Gasteiger partial charge in [-0.15, -0.1) is 11.3 Å². The van der Waals surface area contributed by atoms with Gasteiger partial charge in [-0.05, 0) is 48.5 Å². The highest BCUT2D eigenvalue weighted by molar-refractivity contribution is 7.18. The second-order valence-corrected chi connectivity index (χ2v) is 6.20. The van der Waals surface area contributed by atoms with Crippen molar-refractivity contribution in [2.75, 3.05) is 16.0 Å². The predicted octanol–water partition coefficient (Wildman–Crippen LogP) is 3.34. The lowest BCUT2D eigenvalue weighted by Crippen LogP contribution is -2.19. The first kappa shape index (κ1) is 17.2. The van der Waals surface area contributed by atoms with Crippen LogP contribution >= 0.6 is 11.3 Å². The topological polar surface area (TPSA) is 126 Å². The van der Waals surface area contributed by atoms with Crippen LogP contribution in [-0.4, -0.2) is 17.8 Å². The summed E-state index contributed by atoms with van der Waals surface area (Å²) in [6.45, 7) is 0. The Hall–Kier alpha value is -3.59. The van der Waals surface area contributed by atoms with Crippen LogP contribution in [0, 0.1) is 0 Å². The summed E-state index contributed by atoms with van der Waals surface area (Å²) in [6.07, 6.45) is 1.41. The van der Waals surface area contributed by atoms with Gasteiger partial charge in [0.25, 0.3) is 11.8 Å². The Kier molecular flexibility index (Phi) is 4.99. The van der Waals surface area contributed by atoms with Gasteiger partial charge in [-0.3, -0.25) is 9.59 Å². The number of amides is 4. The van der Waals surface area contributed by atoms with E-state index in [1.807, 2.05) is 0 Å². The number of rotatable bonds is 5. The summed E-state index contributed by atoms with van der Waals surface area (Å²) in [5, 5.41) is 8.35. The predicted molar refractivity (Wildman–Crippen MR) is 98.6 cm³/mol. The molecular weight excluding hydrogens is 356 g/mol. The van der Waals surface area contributed by atoms with E-state index in [9.17, 15) is 14.4 Å². The van der Waals surface area contributed by atoms with Gasteiger partial charge in [-0.2, -0.15) is 0 Å². The van der Waals surface area contributed by atoms with Crippen LogP contribution in [0.3, 0.4) is 0 Å². The molecule has 5 N–H and O–H groups in total. The third-order valence-corrected chi connectivity index (χ3v) is 4.22. The number of furan rings is 1. The monoisotopic (exact) mass is 370 g/mol. The summed E-state index contributed by atoms with van der Waals surface area (Å²) in [5.74, 6) is -0.514. The molecule has 0 aliphatic carbocycles. The molecule has 0 atom stereocenters. The smallest absolute Gasteiger partial charge is 0.316 e. The molecule has 0 saturated heterocycles. The molecular formula is C17H14N4O4S. The van der Waals surface area contributed by atoms with Crippen LogP contribution in [0.4, 0.5) is 21.2 Å². The van der Waals surface area contributed by atoms with Gasteiger partial charge >= 0.3 is 6.03 Å². The van der Waals surface area contributed by atoms with Crippen LogP contribution in [0.15, 0.2) is 59.2 Å². The van der Waals surface area contributed by atoms with E-state index in [-0.39, 0.29) is 17.6 Å². The maximum absolute atomic E-state index is 12.3. The summed E-state index contributed by atoms with van der Waals surface area (Å²) in [5.41, 5.74) is 6.11. The van der Waals surface area contributed by atoms with E-state index < -0.39 is 6.03 Å². The maximum Gasteiger partial charge on any atom is 0.316 e. The Bertz CT molecular complexity index is 932. The Labute approximate surface area is 152 Å². The van der Waals surface area contributed by atoms with E-state index in [0.717, 1.165) is 11.3 Å². The van der Waals surface area contributed by atoms with Gasteiger partial charge < -0.3 is 26.1 Å². The minimum atomic E-state index is -0.663. The third kappa shape index (κ3) is 4.28. The second kappa shape index (κ2) is 7.53. The van der Waals surface area contributed by atoms with E-state index in [4.69, 9.17) is 10.2 Å². The molecule has 2 heterocycles. The Balaban J connectivity index is 1.61. The van der Waals surface area contributed by atoms with Crippen LogP contribution in [0.1, 0.15) is 20.2 Å². The van der Waals surface area contributed by atoms with Crippen LogP contribution < -0.4 is 21.7 Å². The van der Waals surface area contributed by atoms with Crippen molar-refractivity contribution in [1.82, 2.24) is 0 Å². The molecule has 4 amide bonds. The number of nitrogens with two attached hydrogens (primary N) is 1. The first-order valence-electron chi connectivity index (χ1n) is 7.44. The SMILES string of the molecule is NC(=O)Nc1ccc(NC(=O)c2ccc(NC(=O)c3ccco3)s2)cc1. The number of hydrogen-bond acceptors (Lipinski definition) is 5. The summed E-state index contributed by atoms with van der Waals surface area (Å²) in [4.78, 5) is 35.4. The molecule has 3 aromatic rings. The number of anilines is 3. The minimum Gasteiger partial charge on any atom is -0.459 e. The highest BCUT2D eigenvalue weighted by atomic mass is 32.1. The van der Waals surface area contributed by atoms with E-state index in [1.54, 1.807) is 48.5 Å². The number of nitrogens with one attached hydrogen (secondary N) is 3. The highest BCUT2D eigenvalue weighted by Gasteiger charge is 2.13. The van der Waals surface area contributed by atoms with Gasteiger partial charge in [0.05, 0.1) is 16.1 Å². The summed E-state index contributed by atoms with van der Waals surface area (Å²) in [6, 6.07) is 12.3. The van der Waals surface area contributed by atoms with Crippen molar-refractivity contribution in [3.05, 3.63) is 65.4 Å². The van der Waals surface area contributed by atoms with Crippen molar-refractivity contribution in [1.29, 1.82) is 0 Å². The van der Waals surface area contributed by atoms with E-state index >= 15 is 0 Å². The molecule has 0 bridgehead atoms. The van der Waals surface area contributed by atoms with Gasteiger partial charge in [0, 0.05) is 11.4 Å². The van der Waals surface area contributed by atoms with Crippen molar-refractivity contribution in [2.24, 2.45) is 5.73 Å². The summed E-state index contributed by atoms with van der Waals surface area (Å²) < 4.78 is 5.01. The summed E-state index contributed by atoms with van der Waals surface area (Å²) in [7, 11) is 0. The largest absolute Gasteiger partial charge is 0.459 e. The molecule has 3 rings (SSSR count). The Morgan fingerprint density at radius 2 is 1.54 bits per heavy atom. The number of thiophene rings is 1. The molecule has 0 aliphatic heterocycles. The zero-order valence-corrected chi connectivity index (χ0v) is 14.1. The molecule has 26 heavy (non-hydrogen) atoms. The van der Waals surface area contributed by atoms with Crippen LogP contribution in [0.5, 0.6) is 0 Å². The molecule has 0 saturated carbocycles. The quantitative estimate of drug-likeness (QED) is 0.549. The fourth-order valence-electron chi connectivity index (χ4n) is 2.08. The molecule has 0 radical (unpaired) electrons. The van der Waals surface area contributed by atoms with Crippen LogP contribution in [0.25, 0.3) is 0 Å². The first-order valence-corrected chi connectivity index (χ1v) is 8.25. The van der Waals surface area contributed by atoms with Crippen molar-refractivity contribution in [2.45, 2.75) is 0 Å². The van der Waals surface area contributed by atoms with Gasteiger partial charge in [0.15, 0.2) is 5.76 Å². The molecule has 8 nitrogen and oxygen atoms in total. The fraction of sp³-hybridized carbons (Fsp3) is 0. The lowest BCUT2D eigenvalue weighted by molar-refractivity contribution is 0.0995. The first-order chi connectivity index (χ1) is 12.5. The molecule has 0 spiro atoms. The van der Waals surface area contributed by atoms with E-state index in [0.29, 0.717) is 21.3 Å². The molecule has 132 valence electrons. The maximum atomic E-state index is 12.3. The molecule has 1 aromatic carbocycles. The Morgan fingerprint density at radius 1 is 0.846 bits per heavy atom. The van der Waals surface area contributed by atoms with Crippen molar-refractivity contribution in [3.8, 4) is 0 Å². The molecule has 0 aliphatic rings. The fourth-order valence-corrected chi connectivity index (χ4v) is 2.88. The van der Waals surface area contributed by atoms with E-state index in [2.05, 4.69) is 16.0 Å². The number of hydrogen-bond donors (Lipinski definition) is 4. The lowest BCUT2D eigenvalue weighted by atomic mass is 10.2. The van der Waals surface area contributed by atoms with Crippen molar-refractivity contribution >= 4 is 45.6 Å². The normalized spacial score (nSPS) is 10.2. The average Bonchev–Trinajstić information content (AvgIpc) is 3.27. The van der Waals surface area contributed by atoms with Crippen LogP contribution in [-0.2, 0) is 0 Å². The number of urea groups is 1. The van der Waals surface area contributed by atoms with Gasteiger partial charge in [-0.1, -0.05) is 0 Å². The lowest BCUT2D eigenvalue weighted by Gasteiger charge is -2.05. The number of carbonyl (C=O) groups excluding carboxylic acids is 3. The number of primary amides is 1. The van der Waals surface area contributed by atoms with Gasteiger partial charge in [0.1, 0.15) is 0 Å².